The number of carbonyl (C=O) groups excluding carboxylic acids is 1. The molecule has 92 valence electrons. The molecule has 8 heteroatoms. The summed E-state index contributed by atoms with van der Waals surface area (Å²) in [7, 11) is 3.74. The molecule has 0 spiro atoms. The Kier molecular flexibility index (Phi) is 3.32. The molecular weight excluding hydrogens is 240 g/mol. The molecule has 0 radical (unpaired) electrons. The Hall–Kier alpha value is -1.57. The molecule has 0 aliphatic carbocycles. The monoisotopic (exact) mass is 254 g/mol. The number of fused-ring (bicyclic) bond motifs is 1. The first-order valence-corrected chi connectivity index (χ1v) is 6.16. The number of thioether (sulfide) groups is 1. The highest BCUT2D eigenvalue weighted by Gasteiger charge is 2.16. The van der Waals surface area contributed by atoms with Gasteiger partial charge in [0.15, 0.2) is 5.16 Å². The predicted octanol–water partition coefficient (Wildman–Crippen LogP) is -0.598. The molecule has 2 rings (SSSR count). The number of hydrogen-bond donors (Lipinski definition) is 1. The van der Waals surface area contributed by atoms with Gasteiger partial charge in [-0.25, -0.2) is 5.43 Å². The molecule has 0 bridgehead atoms. The maximum Gasteiger partial charge on any atom is 0.252 e. The standard InChI is InChI=1S/C9H14N6OS/c1-6(16)12-13-8-10-7(14(2)3)11-9-15(8)4-5-17-9/h4-5H2,1-3H3,(H,12,16)/b13-8+. The van der Waals surface area contributed by atoms with Crippen molar-refractivity contribution in [3.63, 3.8) is 0 Å². The zero-order valence-electron chi connectivity index (χ0n) is 9.97. The minimum atomic E-state index is -0.213. The summed E-state index contributed by atoms with van der Waals surface area (Å²) in [5, 5.41) is 4.87. The third-order valence-electron chi connectivity index (χ3n) is 2.13. The molecular formula is C9H14N6OS. The van der Waals surface area contributed by atoms with Crippen LogP contribution in [0, 0.1) is 0 Å². The van der Waals surface area contributed by atoms with E-state index in [-0.39, 0.29) is 5.91 Å². The van der Waals surface area contributed by atoms with Crippen LogP contribution in [0.25, 0.3) is 0 Å². The van der Waals surface area contributed by atoms with Crippen LogP contribution in [0.3, 0.4) is 0 Å². The minimum absolute atomic E-state index is 0.213. The van der Waals surface area contributed by atoms with Crippen molar-refractivity contribution < 1.29 is 4.79 Å². The molecule has 0 saturated heterocycles. The molecule has 0 unspecified atom stereocenters. The van der Waals surface area contributed by atoms with E-state index in [1.807, 2.05) is 23.6 Å². The fourth-order valence-corrected chi connectivity index (χ4v) is 2.29. The van der Waals surface area contributed by atoms with Crippen LogP contribution in [0.5, 0.6) is 0 Å². The van der Waals surface area contributed by atoms with Gasteiger partial charge in [-0.2, -0.15) is 9.97 Å². The Morgan fingerprint density at radius 3 is 2.94 bits per heavy atom. The van der Waals surface area contributed by atoms with Gasteiger partial charge in [0, 0.05) is 33.3 Å². The fourth-order valence-electron chi connectivity index (χ4n) is 1.35. The van der Waals surface area contributed by atoms with Crippen LogP contribution in [0.4, 0.5) is 5.95 Å². The zero-order chi connectivity index (χ0) is 12.4. The van der Waals surface area contributed by atoms with E-state index in [1.54, 1.807) is 11.8 Å². The van der Waals surface area contributed by atoms with Gasteiger partial charge < -0.3 is 4.90 Å². The highest BCUT2D eigenvalue weighted by molar-refractivity contribution is 7.99. The van der Waals surface area contributed by atoms with Crippen LogP contribution < -0.4 is 15.9 Å². The summed E-state index contributed by atoms with van der Waals surface area (Å²) in [5.41, 5.74) is 2.89. The first-order valence-electron chi connectivity index (χ1n) is 5.17. The third kappa shape index (κ3) is 2.57. The van der Waals surface area contributed by atoms with Crippen LogP contribution in [0.15, 0.2) is 10.3 Å². The van der Waals surface area contributed by atoms with Crippen molar-refractivity contribution in [2.45, 2.75) is 18.6 Å². The molecule has 17 heavy (non-hydrogen) atoms. The second kappa shape index (κ2) is 4.74. The van der Waals surface area contributed by atoms with Gasteiger partial charge in [-0.05, 0) is 0 Å². The van der Waals surface area contributed by atoms with E-state index in [1.165, 1.54) is 6.92 Å². The average molecular weight is 254 g/mol. The number of aromatic nitrogens is 3. The lowest BCUT2D eigenvalue weighted by Crippen LogP contribution is -2.31. The predicted molar refractivity (Wildman–Crippen MR) is 64.5 cm³/mol. The quantitative estimate of drug-likeness (QED) is 0.713. The summed E-state index contributed by atoms with van der Waals surface area (Å²) in [5.74, 6) is 1.33. The maximum absolute atomic E-state index is 10.9. The van der Waals surface area contributed by atoms with E-state index < -0.39 is 0 Å². The summed E-state index contributed by atoms with van der Waals surface area (Å²) < 4.78 is 1.90. The van der Waals surface area contributed by atoms with E-state index in [0.29, 0.717) is 11.6 Å². The molecule has 1 N–H and O–H groups in total. The summed E-state index contributed by atoms with van der Waals surface area (Å²) in [6, 6.07) is 0. The van der Waals surface area contributed by atoms with Gasteiger partial charge in [0.1, 0.15) is 0 Å². The topological polar surface area (TPSA) is 75.4 Å². The average Bonchev–Trinajstić information content (AvgIpc) is 2.73. The van der Waals surface area contributed by atoms with E-state index in [0.717, 1.165) is 17.5 Å². The lowest BCUT2D eigenvalue weighted by molar-refractivity contribution is -0.119. The Labute approximate surface area is 103 Å². The number of amides is 1. The van der Waals surface area contributed by atoms with Crippen LogP contribution in [-0.2, 0) is 11.3 Å². The van der Waals surface area contributed by atoms with Gasteiger partial charge in [0.2, 0.25) is 11.9 Å². The number of anilines is 1. The summed E-state index contributed by atoms with van der Waals surface area (Å²) in [6.07, 6.45) is 0. The summed E-state index contributed by atoms with van der Waals surface area (Å²) in [4.78, 5) is 21.4. The number of nitrogens with one attached hydrogen (secondary N) is 1. The molecule has 0 fully saturated rings. The van der Waals surface area contributed by atoms with Crippen molar-refractivity contribution in [2.24, 2.45) is 5.10 Å². The van der Waals surface area contributed by atoms with Crippen LogP contribution in [0.1, 0.15) is 6.92 Å². The molecule has 1 aliphatic heterocycles. The van der Waals surface area contributed by atoms with Gasteiger partial charge in [0.25, 0.3) is 5.62 Å². The molecule has 1 aromatic rings. The van der Waals surface area contributed by atoms with Crippen molar-refractivity contribution in [3.8, 4) is 0 Å². The summed E-state index contributed by atoms with van der Waals surface area (Å²) in [6.45, 7) is 2.23. The molecule has 1 amide bonds. The van der Waals surface area contributed by atoms with Gasteiger partial charge in [-0.1, -0.05) is 11.8 Å². The second-order valence-electron chi connectivity index (χ2n) is 3.78. The minimum Gasteiger partial charge on any atom is -0.347 e. The highest BCUT2D eigenvalue weighted by atomic mass is 32.2. The zero-order valence-corrected chi connectivity index (χ0v) is 10.8. The molecule has 1 aliphatic rings. The third-order valence-corrected chi connectivity index (χ3v) is 3.08. The number of hydrogen-bond acceptors (Lipinski definition) is 6. The highest BCUT2D eigenvalue weighted by Crippen LogP contribution is 2.21. The largest absolute Gasteiger partial charge is 0.347 e. The maximum atomic E-state index is 10.9. The smallest absolute Gasteiger partial charge is 0.252 e. The van der Waals surface area contributed by atoms with E-state index in [4.69, 9.17) is 0 Å². The van der Waals surface area contributed by atoms with Crippen molar-refractivity contribution in [2.75, 3.05) is 24.7 Å². The molecule has 0 aromatic carbocycles. The molecule has 7 nitrogen and oxygen atoms in total. The van der Waals surface area contributed by atoms with Crippen molar-refractivity contribution in [1.82, 2.24) is 20.0 Å². The fraction of sp³-hybridized carbons (Fsp3) is 0.556. The van der Waals surface area contributed by atoms with Gasteiger partial charge in [-0.3, -0.25) is 9.36 Å². The van der Waals surface area contributed by atoms with Crippen molar-refractivity contribution in [3.05, 3.63) is 5.62 Å². The lowest BCUT2D eigenvalue weighted by atomic mass is 10.7. The van der Waals surface area contributed by atoms with E-state index in [2.05, 4.69) is 20.5 Å². The SMILES string of the molecule is CC(=O)N/N=c1\nc(N(C)C)nc2n1CCS2. The van der Waals surface area contributed by atoms with Gasteiger partial charge in [-0.15, -0.1) is 5.10 Å². The van der Waals surface area contributed by atoms with Crippen molar-refractivity contribution >= 4 is 23.6 Å². The first kappa shape index (κ1) is 11.9. The molecule has 0 saturated carbocycles. The number of carbonyl (C=O) groups is 1. The Morgan fingerprint density at radius 2 is 2.29 bits per heavy atom. The van der Waals surface area contributed by atoms with Gasteiger partial charge in [0.05, 0.1) is 0 Å². The second-order valence-corrected chi connectivity index (χ2v) is 4.84. The van der Waals surface area contributed by atoms with E-state index in [9.17, 15) is 4.79 Å². The van der Waals surface area contributed by atoms with Crippen LogP contribution in [-0.4, -0.2) is 40.3 Å². The number of rotatable bonds is 2. The Morgan fingerprint density at radius 1 is 1.53 bits per heavy atom. The van der Waals surface area contributed by atoms with Crippen LogP contribution in [0.2, 0.25) is 0 Å². The Balaban J connectivity index is 2.49. The molecule has 1 aromatic heterocycles. The summed E-state index contributed by atoms with van der Waals surface area (Å²) >= 11 is 1.66. The molecule has 0 atom stereocenters. The van der Waals surface area contributed by atoms with E-state index >= 15 is 0 Å². The first-order chi connectivity index (χ1) is 8.08. The number of nitrogens with zero attached hydrogens (tertiary/aromatic N) is 5. The lowest BCUT2D eigenvalue weighted by Gasteiger charge is -2.11. The van der Waals surface area contributed by atoms with Gasteiger partial charge >= 0.3 is 0 Å². The normalized spacial score (nSPS) is 14.6. The Bertz CT molecular complexity index is 509. The van der Waals surface area contributed by atoms with Crippen LogP contribution >= 0.6 is 11.8 Å². The molecule has 2 heterocycles. The van der Waals surface area contributed by atoms with Crippen molar-refractivity contribution in [1.29, 1.82) is 0 Å².